The van der Waals surface area contributed by atoms with Crippen molar-refractivity contribution in [2.75, 3.05) is 29.4 Å². The molecule has 3 aromatic heterocycles. The lowest BCUT2D eigenvalue weighted by atomic mass is 9.91. The van der Waals surface area contributed by atoms with Crippen LogP contribution < -0.4 is 15.5 Å². The number of fused-ring (bicyclic) bond motifs is 2. The molecule has 36 heavy (non-hydrogen) atoms. The lowest BCUT2D eigenvalue weighted by molar-refractivity contribution is 0.156. The van der Waals surface area contributed by atoms with E-state index in [1.165, 1.54) is 5.56 Å². The summed E-state index contributed by atoms with van der Waals surface area (Å²) in [5.74, 6) is 1.66. The average molecular weight is 505 g/mol. The second-order valence-corrected chi connectivity index (χ2v) is 11.1. The third-order valence-corrected chi connectivity index (χ3v) is 8.38. The van der Waals surface area contributed by atoms with Crippen LogP contribution in [0, 0.1) is 0 Å². The van der Waals surface area contributed by atoms with Gasteiger partial charge in [-0.1, -0.05) is 12.1 Å². The Labute approximate surface area is 212 Å². The third-order valence-electron chi connectivity index (χ3n) is 7.49. The van der Waals surface area contributed by atoms with E-state index < -0.39 is 6.29 Å². The van der Waals surface area contributed by atoms with Crippen LogP contribution in [0.3, 0.4) is 0 Å². The summed E-state index contributed by atoms with van der Waals surface area (Å²) in [5, 5.41) is 20.3. The molecule has 3 aliphatic rings. The van der Waals surface area contributed by atoms with Crippen LogP contribution in [-0.2, 0) is 11.2 Å². The smallest absolute Gasteiger partial charge is 0.188 e. The second-order valence-electron chi connectivity index (χ2n) is 10.2. The van der Waals surface area contributed by atoms with Gasteiger partial charge in [-0.3, -0.25) is 5.10 Å². The fourth-order valence-electron chi connectivity index (χ4n) is 5.27. The summed E-state index contributed by atoms with van der Waals surface area (Å²) in [5.41, 5.74) is 11.9. The molecule has 10 nitrogen and oxygen atoms in total. The zero-order chi connectivity index (χ0) is 24.4. The van der Waals surface area contributed by atoms with Crippen molar-refractivity contribution in [1.29, 1.82) is 0 Å². The summed E-state index contributed by atoms with van der Waals surface area (Å²) in [6.07, 6.45) is 4.66. The highest BCUT2D eigenvalue weighted by Gasteiger charge is 2.40. The van der Waals surface area contributed by atoms with Crippen LogP contribution in [0.5, 0.6) is 0 Å². The molecule has 2 unspecified atom stereocenters. The molecule has 2 fully saturated rings. The quantitative estimate of drug-likeness (QED) is 0.358. The number of nitrogens with two attached hydrogens (primary N) is 1. The highest BCUT2D eigenvalue weighted by atomic mass is 32.1. The molecule has 0 aliphatic carbocycles. The van der Waals surface area contributed by atoms with Crippen molar-refractivity contribution in [3.63, 3.8) is 0 Å². The molecular formula is C25H28N8O2S. The molecule has 2 saturated heterocycles. The topological polar surface area (TPSA) is 133 Å². The molecule has 0 saturated carbocycles. The predicted octanol–water partition coefficient (Wildman–Crippen LogP) is 3.27. The van der Waals surface area contributed by atoms with Gasteiger partial charge < -0.3 is 25.4 Å². The summed E-state index contributed by atoms with van der Waals surface area (Å²) in [7, 11) is 0. The van der Waals surface area contributed by atoms with Crippen LogP contribution >= 0.6 is 11.3 Å². The minimum absolute atomic E-state index is 0.108. The van der Waals surface area contributed by atoms with E-state index in [1.807, 2.05) is 11.6 Å². The zero-order valence-corrected chi connectivity index (χ0v) is 20.8. The first-order valence-electron chi connectivity index (χ1n) is 12.4. The number of piperidine rings is 1. The van der Waals surface area contributed by atoms with Gasteiger partial charge in [0.25, 0.3) is 0 Å². The lowest BCUT2D eigenvalue weighted by Crippen LogP contribution is -2.48. The van der Waals surface area contributed by atoms with Gasteiger partial charge in [-0.15, -0.1) is 11.3 Å². The van der Waals surface area contributed by atoms with Gasteiger partial charge in [0.2, 0.25) is 0 Å². The Morgan fingerprint density at radius 2 is 2.06 bits per heavy atom. The van der Waals surface area contributed by atoms with E-state index in [9.17, 15) is 5.11 Å². The van der Waals surface area contributed by atoms with E-state index in [-0.39, 0.29) is 11.6 Å². The fraction of sp³-hybridized carbons (Fsp3) is 0.440. The Bertz CT molecular complexity index is 1440. The number of hydrogen-bond acceptors (Lipinski definition) is 10. The van der Waals surface area contributed by atoms with Crippen molar-refractivity contribution in [3.8, 4) is 10.6 Å². The SMILES string of the molecule is CC1(N)CCN(c2cnc3c(N4CCCc5c(-c6nc(C7OC7O)cs6)cccc54)n[nH]c3n2)CC1. The van der Waals surface area contributed by atoms with E-state index in [1.54, 1.807) is 11.3 Å². The van der Waals surface area contributed by atoms with Crippen molar-refractivity contribution in [2.24, 2.45) is 5.73 Å². The molecule has 11 heteroatoms. The number of aromatic amines is 1. The third kappa shape index (κ3) is 3.74. The monoisotopic (exact) mass is 504 g/mol. The van der Waals surface area contributed by atoms with Crippen molar-refractivity contribution >= 4 is 39.8 Å². The molecule has 0 bridgehead atoms. The van der Waals surface area contributed by atoms with Crippen LogP contribution in [0.1, 0.15) is 43.5 Å². The van der Waals surface area contributed by atoms with Crippen LogP contribution in [0.25, 0.3) is 21.7 Å². The highest BCUT2D eigenvalue weighted by molar-refractivity contribution is 7.13. The largest absolute Gasteiger partial charge is 0.365 e. The minimum atomic E-state index is -0.731. The highest BCUT2D eigenvalue weighted by Crippen LogP contribution is 2.43. The van der Waals surface area contributed by atoms with Crippen LogP contribution in [0.2, 0.25) is 0 Å². The number of aliphatic hydroxyl groups excluding tert-OH is 1. The van der Waals surface area contributed by atoms with Gasteiger partial charge in [-0.25, -0.2) is 15.0 Å². The van der Waals surface area contributed by atoms with Crippen LogP contribution in [0.15, 0.2) is 29.8 Å². The Balaban J connectivity index is 1.20. The number of thiazole rings is 1. The zero-order valence-electron chi connectivity index (χ0n) is 20.0. The molecule has 3 aliphatic heterocycles. The van der Waals surface area contributed by atoms with E-state index in [4.69, 9.17) is 25.4 Å². The number of anilines is 3. The maximum absolute atomic E-state index is 9.60. The van der Waals surface area contributed by atoms with E-state index in [2.05, 4.69) is 45.1 Å². The van der Waals surface area contributed by atoms with E-state index in [0.717, 1.165) is 84.4 Å². The van der Waals surface area contributed by atoms with Gasteiger partial charge in [-0.05, 0) is 44.2 Å². The van der Waals surface area contributed by atoms with Gasteiger partial charge in [0.05, 0.1) is 11.9 Å². The van der Waals surface area contributed by atoms with E-state index in [0.29, 0.717) is 5.65 Å². The molecule has 7 rings (SSSR count). The summed E-state index contributed by atoms with van der Waals surface area (Å²) < 4.78 is 5.19. The average Bonchev–Trinajstić information content (AvgIpc) is 3.26. The van der Waals surface area contributed by atoms with Crippen LogP contribution in [0.4, 0.5) is 17.3 Å². The fourth-order valence-corrected chi connectivity index (χ4v) is 6.17. The molecule has 186 valence electrons. The summed E-state index contributed by atoms with van der Waals surface area (Å²) in [6, 6.07) is 6.32. The summed E-state index contributed by atoms with van der Waals surface area (Å²) in [4.78, 5) is 18.9. The molecule has 0 radical (unpaired) electrons. The Morgan fingerprint density at radius 1 is 1.22 bits per heavy atom. The second kappa shape index (κ2) is 8.20. The number of aromatic nitrogens is 5. The number of nitrogens with one attached hydrogen (secondary N) is 1. The van der Waals surface area contributed by atoms with Gasteiger partial charge in [-0.2, -0.15) is 5.10 Å². The molecule has 4 aromatic rings. The number of ether oxygens (including phenoxy) is 1. The standard InChI is InChI=1S/C25H28N8O2S/c1-25(26)7-10-32(11-8-25)18-12-27-19-21(29-18)30-31-22(19)33-9-3-5-14-15(4-2-6-17(14)33)23-28-16(13-36-23)20-24(34)35-20/h2,4,6,12-13,20,24,34H,3,5,7-11,26H2,1H3,(H,29,30,31). The number of nitrogens with zero attached hydrogens (tertiary/aromatic N) is 6. The first-order chi connectivity index (χ1) is 17.5. The normalized spacial score (nSPS) is 23.2. The van der Waals surface area contributed by atoms with Gasteiger partial charge in [0.15, 0.2) is 29.4 Å². The first kappa shape index (κ1) is 22.1. The maximum Gasteiger partial charge on any atom is 0.188 e. The molecule has 2 atom stereocenters. The number of hydrogen-bond donors (Lipinski definition) is 3. The lowest BCUT2D eigenvalue weighted by Gasteiger charge is -2.37. The Morgan fingerprint density at radius 3 is 2.86 bits per heavy atom. The number of aliphatic hydroxyl groups is 1. The summed E-state index contributed by atoms with van der Waals surface area (Å²) >= 11 is 1.58. The maximum atomic E-state index is 9.60. The van der Waals surface area contributed by atoms with Crippen molar-refractivity contribution < 1.29 is 9.84 Å². The molecule has 6 heterocycles. The van der Waals surface area contributed by atoms with Gasteiger partial charge in [0.1, 0.15) is 10.8 Å². The van der Waals surface area contributed by atoms with Crippen molar-refractivity contribution in [3.05, 3.63) is 41.0 Å². The van der Waals surface area contributed by atoms with E-state index >= 15 is 0 Å². The molecule has 4 N–H and O–H groups in total. The number of epoxide rings is 1. The number of H-pyrrole nitrogens is 1. The van der Waals surface area contributed by atoms with Crippen molar-refractivity contribution in [2.45, 2.75) is 50.5 Å². The molecule has 0 spiro atoms. The van der Waals surface area contributed by atoms with Crippen molar-refractivity contribution in [1.82, 2.24) is 25.1 Å². The minimum Gasteiger partial charge on any atom is -0.365 e. The summed E-state index contributed by atoms with van der Waals surface area (Å²) in [6.45, 7) is 4.72. The van der Waals surface area contributed by atoms with Gasteiger partial charge in [0, 0.05) is 41.8 Å². The Hall–Kier alpha value is -3.12. The number of rotatable bonds is 4. The molecular weight excluding hydrogens is 476 g/mol. The van der Waals surface area contributed by atoms with Crippen LogP contribution in [-0.4, -0.2) is 61.7 Å². The Kier molecular flexibility index (Phi) is 5.04. The first-order valence-corrected chi connectivity index (χ1v) is 13.3. The predicted molar refractivity (Wildman–Crippen MR) is 138 cm³/mol. The molecule has 1 aromatic carbocycles. The molecule has 0 amide bonds. The van der Waals surface area contributed by atoms with Gasteiger partial charge >= 0.3 is 0 Å². The number of benzene rings is 1.